The van der Waals surface area contributed by atoms with Crippen LogP contribution >= 0.6 is 11.6 Å². The van der Waals surface area contributed by atoms with Crippen molar-refractivity contribution in [3.05, 3.63) is 58.5 Å². The number of rotatable bonds is 3. The molecule has 186 valence electrons. The van der Waals surface area contributed by atoms with Crippen molar-refractivity contribution < 1.29 is 32.9 Å². The van der Waals surface area contributed by atoms with Gasteiger partial charge in [0.15, 0.2) is 0 Å². The number of ether oxygens (including phenoxy) is 1. The molecule has 35 heavy (non-hydrogen) atoms. The first-order chi connectivity index (χ1) is 16.4. The smallest absolute Gasteiger partial charge is 0.315 e. The normalized spacial score (nSPS) is 25.8. The van der Waals surface area contributed by atoms with Crippen LogP contribution in [-0.4, -0.2) is 33.8 Å². The summed E-state index contributed by atoms with van der Waals surface area (Å²) in [6.07, 6.45) is -3.41. The van der Waals surface area contributed by atoms with Gasteiger partial charge in [-0.1, -0.05) is 31.5 Å². The van der Waals surface area contributed by atoms with Gasteiger partial charge < -0.3 is 19.5 Å². The molecule has 2 aliphatic rings. The maximum atomic E-state index is 14.0. The molecule has 2 aromatic carbocycles. The molecule has 1 aromatic heterocycles. The highest BCUT2D eigenvalue weighted by atomic mass is 35.5. The molecule has 0 unspecified atom stereocenters. The van der Waals surface area contributed by atoms with E-state index in [4.69, 9.17) is 16.3 Å². The van der Waals surface area contributed by atoms with Crippen LogP contribution in [0, 0.1) is 11.2 Å². The third kappa shape index (κ3) is 3.37. The summed E-state index contributed by atoms with van der Waals surface area (Å²) < 4.78 is 50.1. The molecule has 2 N–H and O–H groups in total. The number of phenolic OH excluding ortho intramolecular Hbond substituents is 1. The third-order valence-electron chi connectivity index (χ3n) is 7.73. The number of carboxylic acids is 1. The Balaban J connectivity index is 1.79. The van der Waals surface area contributed by atoms with Gasteiger partial charge in [-0.15, -0.1) is 0 Å². The number of hydrogen-bond acceptors (Lipinski definition) is 3. The van der Waals surface area contributed by atoms with Gasteiger partial charge in [0.2, 0.25) is 0 Å². The molecule has 0 atom stereocenters. The zero-order chi connectivity index (χ0) is 25.3. The Morgan fingerprint density at radius 3 is 2.43 bits per heavy atom. The first-order valence-corrected chi connectivity index (χ1v) is 11.8. The molecule has 3 aromatic rings. The van der Waals surface area contributed by atoms with Crippen molar-refractivity contribution in [3.63, 3.8) is 0 Å². The van der Waals surface area contributed by atoms with E-state index in [1.165, 1.54) is 12.1 Å². The maximum Gasteiger partial charge on any atom is 0.315 e. The Morgan fingerprint density at radius 1 is 1.14 bits per heavy atom. The molecule has 9 heteroatoms. The second-order valence-electron chi connectivity index (χ2n) is 10.3. The van der Waals surface area contributed by atoms with Gasteiger partial charge in [-0.3, -0.25) is 4.79 Å². The standard InChI is InChI=1S/C26H25ClF3NO4/c1-24(2)13-35-26(10-8-25(9-11-26,22(29)30)23(33)34)20-19-17(4-3-5-18(19)32)31(21(20)24)14-6-7-16(28)15(27)12-14/h3-7,12,22,32H,8-11,13H2,1-2H3,(H,33,34). The van der Waals surface area contributed by atoms with Gasteiger partial charge in [0, 0.05) is 27.7 Å². The predicted molar refractivity (Wildman–Crippen MR) is 125 cm³/mol. The minimum absolute atomic E-state index is 0.00434. The first kappa shape index (κ1) is 24.0. The van der Waals surface area contributed by atoms with Crippen LogP contribution < -0.4 is 0 Å². The second kappa shape index (κ2) is 7.90. The van der Waals surface area contributed by atoms with Gasteiger partial charge in [0.1, 0.15) is 17.0 Å². The van der Waals surface area contributed by atoms with Crippen molar-refractivity contribution >= 4 is 28.5 Å². The lowest BCUT2D eigenvalue weighted by Gasteiger charge is -2.49. The van der Waals surface area contributed by atoms with Gasteiger partial charge in [0.25, 0.3) is 6.43 Å². The number of aliphatic carboxylic acids is 1. The number of nitrogens with zero attached hydrogens (tertiary/aromatic N) is 1. The summed E-state index contributed by atoms with van der Waals surface area (Å²) in [5.74, 6) is -2.08. The Labute approximate surface area is 205 Å². The van der Waals surface area contributed by atoms with Crippen molar-refractivity contribution in [1.82, 2.24) is 4.57 Å². The number of carboxylic acid groups (broad SMARTS) is 1. The number of carbonyl (C=O) groups is 1. The van der Waals surface area contributed by atoms with Gasteiger partial charge in [-0.25, -0.2) is 13.2 Å². The minimum atomic E-state index is -3.01. The SMILES string of the molecule is CC1(C)COC2(CCC(C(=O)O)(C(F)F)CC2)c2c1n(-c1ccc(F)c(Cl)c1)c1cccc(O)c21. The molecule has 1 saturated carbocycles. The number of phenols is 1. The Bertz CT molecular complexity index is 1340. The van der Waals surface area contributed by atoms with Crippen LogP contribution in [0.15, 0.2) is 36.4 Å². The molecule has 1 aliphatic heterocycles. The summed E-state index contributed by atoms with van der Waals surface area (Å²) in [6, 6.07) is 9.42. The summed E-state index contributed by atoms with van der Waals surface area (Å²) in [6.45, 7) is 4.19. The van der Waals surface area contributed by atoms with Crippen LogP contribution in [0.1, 0.15) is 50.8 Å². The van der Waals surface area contributed by atoms with Crippen LogP contribution in [0.5, 0.6) is 5.75 Å². The summed E-state index contributed by atoms with van der Waals surface area (Å²) in [7, 11) is 0. The highest BCUT2D eigenvalue weighted by molar-refractivity contribution is 6.30. The summed E-state index contributed by atoms with van der Waals surface area (Å²) in [5, 5.41) is 21.1. The molecule has 0 saturated heterocycles. The Morgan fingerprint density at radius 2 is 1.83 bits per heavy atom. The number of aromatic nitrogens is 1. The highest BCUT2D eigenvalue weighted by Gasteiger charge is 2.57. The fourth-order valence-electron chi connectivity index (χ4n) is 5.78. The van der Waals surface area contributed by atoms with E-state index in [1.54, 1.807) is 18.2 Å². The number of benzene rings is 2. The van der Waals surface area contributed by atoms with E-state index in [0.717, 1.165) is 5.69 Å². The van der Waals surface area contributed by atoms with Crippen molar-refractivity contribution in [2.45, 2.75) is 57.0 Å². The topological polar surface area (TPSA) is 71.7 Å². The number of alkyl halides is 2. The average molecular weight is 508 g/mol. The lowest BCUT2D eigenvalue weighted by atomic mass is 9.64. The Hall–Kier alpha value is -2.71. The lowest BCUT2D eigenvalue weighted by Crippen LogP contribution is -2.50. The van der Waals surface area contributed by atoms with Gasteiger partial charge >= 0.3 is 5.97 Å². The van der Waals surface area contributed by atoms with Crippen molar-refractivity contribution in [3.8, 4) is 11.4 Å². The quantitative estimate of drug-likeness (QED) is 0.422. The third-order valence-corrected chi connectivity index (χ3v) is 8.02. The highest BCUT2D eigenvalue weighted by Crippen LogP contribution is 2.58. The monoisotopic (exact) mass is 507 g/mol. The van der Waals surface area contributed by atoms with Crippen molar-refractivity contribution in [2.75, 3.05) is 6.61 Å². The first-order valence-electron chi connectivity index (χ1n) is 11.4. The summed E-state index contributed by atoms with van der Waals surface area (Å²) in [5.41, 5.74) is -1.08. The second-order valence-corrected chi connectivity index (χ2v) is 10.7. The fourth-order valence-corrected chi connectivity index (χ4v) is 5.95. The summed E-state index contributed by atoms with van der Waals surface area (Å²) >= 11 is 6.11. The van der Waals surface area contributed by atoms with Crippen LogP contribution in [-0.2, 0) is 20.5 Å². The van der Waals surface area contributed by atoms with E-state index >= 15 is 0 Å². The molecule has 5 nitrogen and oxygen atoms in total. The fraction of sp³-hybridized carbons (Fsp3) is 0.423. The van der Waals surface area contributed by atoms with E-state index in [1.807, 2.05) is 24.5 Å². The predicted octanol–water partition coefficient (Wildman–Crippen LogP) is 6.54. The summed E-state index contributed by atoms with van der Waals surface area (Å²) in [4.78, 5) is 11.8. The van der Waals surface area contributed by atoms with E-state index in [-0.39, 0.29) is 43.1 Å². The molecular formula is C26H25ClF3NO4. The molecule has 0 amide bonds. The van der Waals surface area contributed by atoms with E-state index < -0.39 is 34.6 Å². The maximum absolute atomic E-state index is 14.0. The molecule has 5 rings (SSSR count). The van der Waals surface area contributed by atoms with Gasteiger partial charge in [0.05, 0.1) is 22.7 Å². The van der Waals surface area contributed by atoms with Crippen LogP contribution in [0.3, 0.4) is 0 Å². The van der Waals surface area contributed by atoms with Crippen molar-refractivity contribution in [2.24, 2.45) is 5.41 Å². The zero-order valence-corrected chi connectivity index (χ0v) is 20.0. The van der Waals surface area contributed by atoms with Crippen LogP contribution in [0.2, 0.25) is 5.02 Å². The number of hydrogen-bond donors (Lipinski definition) is 2. The van der Waals surface area contributed by atoms with Crippen molar-refractivity contribution in [1.29, 1.82) is 0 Å². The van der Waals surface area contributed by atoms with Crippen LogP contribution in [0.25, 0.3) is 16.6 Å². The molecule has 1 spiro atoms. The van der Waals surface area contributed by atoms with E-state index in [2.05, 4.69) is 0 Å². The molecule has 1 aliphatic carbocycles. The molecule has 0 radical (unpaired) electrons. The van der Waals surface area contributed by atoms with Crippen LogP contribution in [0.4, 0.5) is 13.2 Å². The largest absolute Gasteiger partial charge is 0.507 e. The van der Waals surface area contributed by atoms with E-state index in [9.17, 15) is 28.2 Å². The molecular weight excluding hydrogens is 483 g/mol. The van der Waals surface area contributed by atoms with Gasteiger partial charge in [-0.2, -0.15) is 0 Å². The number of fused-ring (bicyclic) bond motifs is 4. The zero-order valence-electron chi connectivity index (χ0n) is 19.2. The number of aromatic hydroxyl groups is 1. The molecule has 0 bridgehead atoms. The average Bonchev–Trinajstić information content (AvgIpc) is 3.18. The van der Waals surface area contributed by atoms with E-state index in [0.29, 0.717) is 22.2 Å². The lowest BCUT2D eigenvalue weighted by molar-refractivity contribution is -0.178. The molecule has 1 fully saturated rings. The minimum Gasteiger partial charge on any atom is -0.507 e. The number of halogens is 4. The molecule has 2 heterocycles. The Kier molecular flexibility index (Phi) is 5.42. The van der Waals surface area contributed by atoms with Gasteiger partial charge in [-0.05, 0) is 56.0 Å².